The standard InChI is InChI=1S/C19H24N2O3/c1-12(2)24-16-8-5-14(6-9-16)18(22)11-21-19(23)17-10-15(20)7-4-13(17)3/h4-10,12,18,22H,11,20H2,1-3H3,(H,21,23). The van der Waals surface area contributed by atoms with Gasteiger partial charge in [-0.05, 0) is 56.2 Å². The Kier molecular flexibility index (Phi) is 5.82. The van der Waals surface area contributed by atoms with Crippen molar-refractivity contribution >= 4 is 11.6 Å². The van der Waals surface area contributed by atoms with Gasteiger partial charge in [-0.3, -0.25) is 4.79 Å². The third-order valence-corrected chi connectivity index (χ3v) is 3.60. The molecule has 1 amide bonds. The average Bonchev–Trinajstić information content (AvgIpc) is 2.54. The zero-order chi connectivity index (χ0) is 17.7. The fourth-order valence-corrected chi connectivity index (χ4v) is 2.33. The molecule has 0 saturated heterocycles. The van der Waals surface area contributed by atoms with Crippen LogP contribution in [0.2, 0.25) is 0 Å². The van der Waals surface area contributed by atoms with Gasteiger partial charge in [-0.2, -0.15) is 0 Å². The topological polar surface area (TPSA) is 84.6 Å². The fraction of sp³-hybridized carbons (Fsp3) is 0.316. The molecule has 2 rings (SSSR count). The maximum atomic E-state index is 12.2. The molecule has 0 aromatic heterocycles. The molecule has 0 aliphatic carbocycles. The number of anilines is 1. The molecule has 0 aliphatic rings. The summed E-state index contributed by atoms with van der Waals surface area (Å²) in [5.74, 6) is 0.499. The van der Waals surface area contributed by atoms with Gasteiger partial charge in [0.1, 0.15) is 5.75 Å². The average molecular weight is 328 g/mol. The molecule has 0 aliphatic heterocycles. The van der Waals surface area contributed by atoms with E-state index in [4.69, 9.17) is 10.5 Å². The number of nitrogens with one attached hydrogen (secondary N) is 1. The monoisotopic (exact) mass is 328 g/mol. The van der Waals surface area contributed by atoms with E-state index in [1.807, 2.05) is 32.9 Å². The molecule has 4 N–H and O–H groups in total. The lowest BCUT2D eigenvalue weighted by molar-refractivity contribution is 0.0915. The van der Waals surface area contributed by atoms with Gasteiger partial charge in [0.05, 0.1) is 12.2 Å². The second-order valence-corrected chi connectivity index (χ2v) is 6.04. The summed E-state index contributed by atoms with van der Waals surface area (Å²) in [6, 6.07) is 12.4. The van der Waals surface area contributed by atoms with Gasteiger partial charge in [0.15, 0.2) is 0 Å². The quantitative estimate of drug-likeness (QED) is 0.712. The molecule has 2 aromatic carbocycles. The summed E-state index contributed by atoms with van der Waals surface area (Å²) >= 11 is 0. The summed E-state index contributed by atoms with van der Waals surface area (Å²) in [6.45, 7) is 5.88. The van der Waals surface area contributed by atoms with E-state index in [2.05, 4.69) is 5.32 Å². The van der Waals surface area contributed by atoms with Crippen LogP contribution in [0, 0.1) is 6.92 Å². The van der Waals surface area contributed by atoms with Crippen LogP contribution in [0.5, 0.6) is 5.75 Å². The van der Waals surface area contributed by atoms with E-state index in [0.29, 0.717) is 11.3 Å². The summed E-state index contributed by atoms with van der Waals surface area (Å²) in [5.41, 5.74) is 8.33. The number of amides is 1. The number of ether oxygens (including phenoxy) is 1. The minimum atomic E-state index is -0.789. The Balaban J connectivity index is 1.96. The third-order valence-electron chi connectivity index (χ3n) is 3.60. The second-order valence-electron chi connectivity index (χ2n) is 6.04. The van der Waals surface area contributed by atoms with Crippen molar-refractivity contribution in [2.45, 2.75) is 33.0 Å². The van der Waals surface area contributed by atoms with Crippen LogP contribution < -0.4 is 15.8 Å². The molecular formula is C19H24N2O3. The first-order chi connectivity index (χ1) is 11.4. The number of hydrogen-bond donors (Lipinski definition) is 3. The van der Waals surface area contributed by atoms with E-state index in [0.717, 1.165) is 16.9 Å². The van der Waals surface area contributed by atoms with E-state index in [1.165, 1.54) is 0 Å². The van der Waals surface area contributed by atoms with Crippen LogP contribution in [0.1, 0.15) is 41.4 Å². The highest BCUT2D eigenvalue weighted by Gasteiger charge is 2.13. The lowest BCUT2D eigenvalue weighted by atomic mass is 10.1. The summed E-state index contributed by atoms with van der Waals surface area (Å²) in [4.78, 5) is 12.2. The molecule has 128 valence electrons. The normalized spacial score (nSPS) is 12.0. The molecule has 0 radical (unpaired) electrons. The summed E-state index contributed by atoms with van der Waals surface area (Å²) in [5, 5.41) is 13.0. The third kappa shape index (κ3) is 4.73. The van der Waals surface area contributed by atoms with Crippen LogP contribution in [0.4, 0.5) is 5.69 Å². The Labute approximate surface area is 142 Å². The number of aryl methyl sites for hydroxylation is 1. The molecular weight excluding hydrogens is 304 g/mol. The number of carbonyl (C=O) groups excluding carboxylic acids is 1. The maximum Gasteiger partial charge on any atom is 0.251 e. The van der Waals surface area contributed by atoms with E-state index < -0.39 is 6.10 Å². The van der Waals surface area contributed by atoms with Crippen molar-refractivity contribution < 1.29 is 14.6 Å². The highest BCUT2D eigenvalue weighted by atomic mass is 16.5. The first-order valence-electron chi connectivity index (χ1n) is 7.96. The molecule has 0 saturated carbocycles. The van der Waals surface area contributed by atoms with Crippen LogP contribution in [0.25, 0.3) is 0 Å². The van der Waals surface area contributed by atoms with Gasteiger partial charge in [-0.15, -0.1) is 0 Å². The van der Waals surface area contributed by atoms with Crippen LogP contribution in [-0.2, 0) is 0 Å². The van der Waals surface area contributed by atoms with Crippen molar-refractivity contribution in [2.24, 2.45) is 0 Å². The van der Waals surface area contributed by atoms with Gasteiger partial charge in [-0.25, -0.2) is 0 Å². The number of nitrogen functional groups attached to an aromatic ring is 1. The fourth-order valence-electron chi connectivity index (χ4n) is 2.33. The summed E-state index contributed by atoms with van der Waals surface area (Å²) in [6.07, 6.45) is -0.690. The Bertz CT molecular complexity index is 696. The maximum absolute atomic E-state index is 12.2. The highest BCUT2D eigenvalue weighted by Crippen LogP contribution is 2.19. The Hall–Kier alpha value is -2.53. The molecule has 1 atom stereocenters. The van der Waals surface area contributed by atoms with Gasteiger partial charge in [0, 0.05) is 17.8 Å². The first-order valence-corrected chi connectivity index (χ1v) is 7.96. The molecule has 0 bridgehead atoms. The Morgan fingerprint density at radius 1 is 1.21 bits per heavy atom. The first kappa shape index (κ1) is 17.8. The van der Waals surface area contributed by atoms with Crippen LogP contribution in [0.15, 0.2) is 42.5 Å². The minimum Gasteiger partial charge on any atom is -0.491 e. The molecule has 2 aromatic rings. The molecule has 1 unspecified atom stereocenters. The van der Waals surface area contributed by atoms with Gasteiger partial charge in [0.2, 0.25) is 0 Å². The number of hydrogen-bond acceptors (Lipinski definition) is 4. The highest BCUT2D eigenvalue weighted by molar-refractivity contribution is 5.96. The van der Waals surface area contributed by atoms with E-state index in [1.54, 1.807) is 30.3 Å². The lowest BCUT2D eigenvalue weighted by Crippen LogP contribution is -2.29. The molecule has 0 spiro atoms. The van der Waals surface area contributed by atoms with Crippen molar-refractivity contribution in [3.8, 4) is 5.75 Å². The molecule has 5 heteroatoms. The van der Waals surface area contributed by atoms with Gasteiger partial charge in [0.25, 0.3) is 5.91 Å². The summed E-state index contributed by atoms with van der Waals surface area (Å²) < 4.78 is 5.57. The van der Waals surface area contributed by atoms with E-state index in [-0.39, 0.29) is 18.6 Å². The number of aliphatic hydroxyl groups excluding tert-OH is 1. The van der Waals surface area contributed by atoms with Crippen molar-refractivity contribution in [3.63, 3.8) is 0 Å². The van der Waals surface area contributed by atoms with Crippen molar-refractivity contribution in [1.29, 1.82) is 0 Å². The molecule has 0 heterocycles. The summed E-state index contributed by atoms with van der Waals surface area (Å²) in [7, 11) is 0. The van der Waals surface area contributed by atoms with Crippen molar-refractivity contribution in [2.75, 3.05) is 12.3 Å². The minimum absolute atomic E-state index is 0.0987. The van der Waals surface area contributed by atoms with Gasteiger partial charge in [-0.1, -0.05) is 18.2 Å². The largest absolute Gasteiger partial charge is 0.491 e. The predicted octanol–water partition coefficient (Wildman–Crippen LogP) is 2.83. The molecule has 0 fully saturated rings. The number of nitrogens with two attached hydrogens (primary N) is 1. The number of rotatable bonds is 6. The van der Waals surface area contributed by atoms with E-state index in [9.17, 15) is 9.90 Å². The Morgan fingerprint density at radius 3 is 2.50 bits per heavy atom. The number of aliphatic hydroxyl groups is 1. The Morgan fingerprint density at radius 2 is 1.88 bits per heavy atom. The van der Waals surface area contributed by atoms with Gasteiger partial charge < -0.3 is 20.9 Å². The van der Waals surface area contributed by atoms with Gasteiger partial charge >= 0.3 is 0 Å². The van der Waals surface area contributed by atoms with E-state index >= 15 is 0 Å². The van der Waals surface area contributed by atoms with Crippen molar-refractivity contribution in [1.82, 2.24) is 5.32 Å². The smallest absolute Gasteiger partial charge is 0.251 e. The zero-order valence-corrected chi connectivity index (χ0v) is 14.2. The lowest BCUT2D eigenvalue weighted by Gasteiger charge is -2.15. The molecule has 24 heavy (non-hydrogen) atoms. The predicted molar refractivity (Wildman–Crippen MR) is 95.1 cm³/mol. The number of carbonyl (C=O) groups is 1. The molecule has 5 nitrogen and oxygen atoms in total. The van der Waals surface area contributed by atoms with Crippen LogP contribution >= 0.6 is 0 Å². The van der Waals surface area contributed by atoms with Crippen molar-refractivity contribution in [3.05, 3.63) is 59.2 Å². The van der Waals surface area contributed by atoms with Crippen LogP contribution in [0.3, 0.4) is 0 Å². The second kappa shape index (κ2) is 7.84. The van der Waals surface area contributed by atoms with Crippen LogP contribution in [-0.4, -0.2) is 23.7 Å². The number of benzene rings is 2. The SMILES string of the molecule is Cc1ccc(N)cc1C(=O)NCC(O)c1ccc(OC(C)C)cc1. The zero-order valence-electron chi connectivity index (χ0n) is 14.2.